The van der Waals surface area contributed by atoms with Crippen molar-refractivity contribution in [2.75, 3.05) is 0 Å². The van der Waals surface area contributed by atoms with Crippen LogP contribution in [0, 0.1) is 5.92 Å². The van der Waals surface area contributed by atoms with Crippen LogP contribution in [0.15, 0.2) is 36.4 Å². The summed E-state index contributed by atoms with van der Waals surface area (Å²) >= 11 is 0. The molecule has 1 aliphatic carbocycles. The summed E-state index contributed by atoms with van der Waals surface area (Å²) < 4.78 is 1.95. The molecule has 1 saturated carbocycles. The molecule has 3 unspecified atom stereocenters. The summed E-state index contributed by atoms with van der Waals surface area (Å²) in [5, 5.41) is 11.5. The summed E-state index contributed by atoms with van der Waals surface area (Å²) in [5.41, 5.74) is 3.34. The number of benzene rings is 1. The Kier molecular flexibility index (Phi) is 4.57. The molecule has 5 heteroatoms. The molecule has 132 valence electrons. The standard InChI is InChI=1S/C20H26N4O/c1-24-15(13-18(23-24)14-7-3-2-4-8-14)11-12-19-21-17-10-6-5-9-16(17)20(25)22-19/h2-4,7-8,13,16-17,19,21H,5-6,9-12H2,1H3,(H,22,25). The number of amides is 1. The third-order valence-electron chi connectivity index (χ3n) is 5.57. The van der Waals surface area contributed by atoms with Gasteiger partial charge in [-0.05, 0) is 31.7 Å². The number of aryl methyl sites for hydroxylation is 2. The van der Waals surface area contributed by atoms with Gasteiger partial charge in [0.25, 0.3) is 0 Å². The molecule has 2 aliphatic rings. The maximum atomic E-state index is 12.3. The van der Waals surface area contributed by atoms with E-state index in [1.807, 2.05) is 29.9 Å². The fraction of sp³-hybridized carbons (Fsp3) is 0.500. The molecule has 2 N–H and O–H groups in total. The van der Waals surface area contributed by atoms with Crippen molar-refractivity contribution in [1.29, 1.82) is 0 Å². The summed E-state index contributed by atoms with van der Waals surface area (Å²) in [6, 6.07) is 12.8. The van der Waals surface area contributed by atoms with Gasteiger partial charge in [-0.2, -0.15) is 5.10 Å². The predicted octanol–water partition coefficient (Wildman–Crippen LogP) is 2.62. The van der Waals surface area contributed by atoms with Gasteiger partial charge in [0.15, 0.2) is 0 Å². The van der Waals surface area contributed by atoms with Crippen LogP contribution in [-0.4, -0.2) is 27.9 Å². The molecule has 2 fully saturated rings. The lowest BCUT2D eigenvalue weighted by molar-refractivity contribution is -0.130. The zero-order valence-electron chi connectivity index (χ0n) is 14.7. The molecule has 1 amide bonds. The fourth-order valence-electron chi connectivity index (χ4n) is 4.16. The lowest BCUT2D eigenvalue weighted by Gasteiger charge is -2.40. The monoisotopic (exact) mass is 338 g/mol. The number of hydrogen-bond donors (Lipinski definition) is 2. The second kappa shape index (κ2) is 7.00. The molecule has 1 aromatic heterocycles. The van der Waals surface area contributed by atoms with E-state index in [1.165, 1.54) is 18.5 Å². The molecule has 5 nitrogen and oxygen atoms in total. The van der Waals surface area contributed by atoms with Crippen molar-refractivity contribution in [2.45, 2.75) is 50.7 Å². The van der Waals surface area contributed by atoms with Gasteiger partial charge in [-0.15, -0.1) is 0 Å². The van der Waals surface area contributed by atoms with Crippen molar-refractivity contribution in [3.8, 4) is 11.3 Å². The predicted molar refractivity (Wildman–Crippen MR) is 97.8 cm³/mol. The quantitative estimate of drug-likeness (QED) is 0.901. The summed E-state index contributed by atoms with van der Waals surface area (Å²) in [4.78, 5) is 12.3. The second-order valence-electron chi connectivity index (χ2n) is 7.27. The Hall–Kier alpha value is -2.14. The third-order valence-corrected chi connectivity index (χ3v) is 5.57. The number of nitrogens with one attached hydrogen (secondary N) is 2. The number of hydrogen-bond acceptors (Lipinski definition) is 3. The first kappa shape index (κ1) is 16.3. The Morgan fingerprint density at radius 2 is 2.00 bits per heavy atom. The van der Waals surface area contributed by atoms with Crippen LogP contribution in [0.3, 0.4) is 0 Å². The highest BCUT2D eigenvalue weighted by Gasteiger charge is 2.37. The summed E-state index contributed by atoms with van der Waals surface area (Å²) in [6.45, 7) is 0. The number of carbonyl (C=O) groups excluding carboxylic acids is 1. The van der Waals surface area contributed by atoms with Crippen LogP contribution in [-0.2, 0) is 18.3 Å². The maximum Gasteiger partial charge on any atom is 0.225 e. The van der Waals surface area contributed by atoms with E-state index >= 15 is 0 Å². The van der Waals surface area contributed by atoms with Gasteiger partial charge in [-0.25, -0.2) is 0 Å². The molecule has 0 bridgehead atoms. The van der Waals surface area contributed by atoms with E-state index in [-0.39, 0.29) is 18.0 Å². The molecule has 0 radical (unpaired) electrons. The molecular weight excluding hydrogens is 312 g/mol. The van der Waals surface area contributed by atoms with Gasteiger partial charge in [0.05, 0.1) is 17.8 Å². The number of aromatic nitrogens is 2. The molecule has 0 spiro atoms. The Morgan fingerprint density at radius 1 is 1.20 bits per heavy atom. The van der Waals surface area contributed by atoms with Crippen molar-refractivity contribution in [2.24, 2.45) is 13.0 Å². The average Bonchev–Trinajstić information content (AvgIpc) is 3.02. The molecule has 1 saturated heterocycles. The Labute approximate surface area is 148 Å². The zero-order chi connectivity index (χ0) is 17.2. The van der Waals surface area contributed by atoms with E-state index in [0.717, 1.165) is 36.9 Å². The zero-order valence-corrected chi connectivity index (χ0v) is 14.7. The van der Waals surface area contributed by atoms with E-state index in [4.69, 9.17) is 0 Å². The molecule has 25 heavy (non-hydrogen) atoms. The smallest absolute Gasteiger partial charge is 0.225 e. The van der Waals surface area contributed by atoms with E-state index in [0.29, 0.717) is 6.04 Å². The van der Waals surface area contributed by atoms with Gasteiger partial charge < -0.3 is 5.32 Å². The van der Waals surface area contributed by atoms with Crippen molar-refractivity contribution in [3.63, 3.8) is 0 Å². The van der Waals surface area contributed by atoms with Crippen LogP contribution in [0.5, 0.6) is 0 Å². The van der Waals surface area contributed by atoms with E-state index in [2.05, 4.69) is 33.9 Å². The van der Waals surface area contributed by atoms with Gasteiger partial charge in [0.2, 0.25) is 5.91 Å². The molecule has 4 rings (SSSR count). The van der Waals surface area contributed by atoms with Gasteiger partial charge >= 0.3 is 0 Å². The summed E-state index contributed by atoms with van der Waals surface area (Å²) in [5.74, 6) is 0.412. The molecule has 2 aromatic rings. The lowest BCUT2D eigenvalue weighted by atomic mass is 9.82. The fourth-order valence-corrected chi connectivity index (χ4v) is 4.16. The highest BCUT2D eigenvalue weighted by molar-refractivity contribution is 5.80. The van der Waals surface area contributed by atoms with E-state index in [9.17, 15) is 4.79 Å². The Morgan fingerprint density at radius 3 is 2.84 bits per heavy atom. The first-order chi connectivity index (χ1) is 12.2. The molecular formula is C20H26N4O. The first-order valence-electron chi connectivity index (χ1n) is 9.35. The van der Waals surface area contributed by atoms with Crippen molar-refractivity contribution >= 4 is 5.91 Å². The van der Waals surface area contributed by atoms with Gasteiger partial charge in [-0.3, -0.25) is 14.8 Å². The number of fused-ring (bicyclic) bond motifs is 1. The first-order valence-corrected chi connectivity index (χ1v) is 9.35. The van der Waals surface area contributed by atoms with Crippen LogP contribution in [0.2, 0.25) is 0 Å². The molecule has 1 aromatic carbocycles. The van der Waals surface area contributed by atoms with Crippen molar-refractivity contribution in [1.82, 2.24) is 20.4 Å². The molecule has 3 atom stereocenters. The maximum absolute atomic E-state index is 12.3. The van der Waals surface area contributed by atoms with Crippen LogP contribution in [0.25, 0.3) is 11.3 Å². The van der Waals surface area contributed by atoms with E-state index < -0.39 is 0 Å². The number of nitrogens with zero attached hydrogens (tertiary/aromatic N) is 2. The van der Waals surface area contributed by atoms with Gasteiger partial charge in [0.1, 0.15) is 0 Å². The minimum Gasteiger partial charge on any atom is -0.340 e. The number of rotatable bonds is 4. The topological polar surface area (TPSA) is 59.0 Å². The normalized spacial score (nSPS) is 26.1. The number of carbonyl (C=O) groups is 1. The highest BCUT2D eigenvalue weighted by Crippen LogP contribution is 2.28. The third kappa shape index (κ3) is 3.47. The van der Waals surface area contributed by atoms with Crippen LogP contribution >= 0.6 is 0 Å². The largest absolute Gasteiger partial charge is 0.340 e. The summed E-state index contributed by atoms with van der Waals surface area (Å²) in [6.07, 6.45) is 6.42. The summed E-state index contributed by atoms with van der Waals surface area (Å²) in [7, 11) is 1.99. The van der Waals surface area contributed by atoms with Crippen LogP contribution in [0.4, 0.5) is 0 Å². The second-order valence-corrected chi connectivity index (χ2v) is 7.27. The van der Waals surface area contributed by atoms with Gasteiger partial charge in [-0.1, -0.05) is 43.2 Å². The SMILES string of the molecule is Cn1nc(-c2ccccc2)cc1CCC1NC(=O)C2CCCCC2N1. The van der Waals surface area contributed by atoms with E-state index in [1.54, 1.807) is 0 Å². The highest BCUT2D eigenvalue weighted by atomic mass is 16.2. The Bertz CT molecular complexity index is 739. The van der Waals surface area contributed by atoms with Crippen LogP contribution in [0.1, 0.15) is 37.8 Å². The minimum atomic E-state index is 0.0712. The average molecular weight is 338 g/mol. The molecule has 2 heterocycles. The lowest BCUT2D eigenvalue weighted by Crippen LogP contribution is -2.62. The van der Waals surface area contributed by atoms with Crippen molar-refractivity contribution < 1.29 is 4.79 Å². The molecule has 1 aliphatic heterocycles. The van der Waals surface area contributed by atoms with Crippen molar-refractivity contribution in [3.05, 3.63) is 42.1 Å². The minimum absolute atomic E-state index is 0.0712. The van der Waals surface area contributed by atoms with Gasteiger partial charge in [0, 0.05) is 24.3 Å². The van der Waals surface area contributed by atoms with Crippen LogP contribution < -0.4 is 10.6 Å². The Balaban J connectivity index is 1.40.